The molecule has 0 aliphatic rings. The van der Waals surface area contributed by atoms with Crippen LogP contribution in [0.15, 0.2) is 30.3 Å². The van der Waals surface area contributed by atoms with Gasteiger partial charge in [-0.25, -0.2) is 13.1 Å². The van der Waals surface area contributed by atoms with E-state index < -0.39 is 22.1 Å². The van der Waals surface area contributed by atoms with Crippen molar-refractivity contribution in [2.45, 2.75) is 5.51 Å². The van der Waals surface area contributed by atoms with E-state index in [0.29, 0.717) is 11.3 Å². The molecule has 19 heavy (non-hydrogen) atoms. The number of halogens is 3. The number of nitrogens with one attached hydrogen (secondary N) is 1. The molecule has 0 fully saturated rings. The van der Waals surface area contributed by atoms with Crippen LogP contribution in [-0.2, 0) is 10.0 Å². The summed E-state index contributed by atoms with van der Waals surface area (Å²) in [7, 11) is -3.77. The van der Waals surface area contributed by atoms with Crippen molar-refractivity contribution >= 4 is 16.1 Å². The fourth-order valence-electron chi connectivity index (χ4n) is 1.15. The van der Waals surface area contributed by atoms with E-state index in [4.69, 9.17) is 4.74 Å². The number of hydrogen-bond acceptors (Lipinski definition) is 3. The molecule has 1 rings (SSSR count). The van der Waals surface area contributed by atoms with Gasteiger partial charge in [0.1, 0.15) is 5.75 Å². The molecule has 0 amide bonds. The van der Waals surface area contributed by atoms with Crippen LogP contribution in [0, 0.1) is 0 Å². The van der Waals surface area contributed by atoms with Crippen LogP contribution in [0.1, 0.15) is 5.56 Å². The maximum atomic E-state index is 12.0. The molecule has 1 aromatic rings. The molecule has 0 heterocycles. The molecule has 0 aliphatic heterocycles. The second-order valence-electron chi connectivity index (χ2n) is 3.47. The van der Waals surface area contributed by atoms with Gasteiger partial charge < -0.3 is 4.74 Å². The summed E-state index contributed by atoms with van der Waals surface area (Å²) in [5, 5.41) is 0. The Morgan fingerprint density at radius 2 is 1.84 bits per heavy atom. The van der Waals surface area contributed by atoms with Crippen LogP contribution in [0.2, 0.25) is 0 Å². The standard InChI is InChI=1S/C11H12F3NO3S/c1-18-10-6-4-9(5-7-10)3-2-8-15-19(16,17)11(12,13)14/h2-7,15H,8H2,1H3/b3-2+. The van der Waals surface area contributed by atoms with E-state index >= 15 is 0 Å². The second kappa shape index (κ2) is 6.07. The van der Waals surface area contributed by atoms with Gasteiger partial charge in [0.15, 0.2) is 0 Å². The number of methoxy groups -OCH3 is 1. The van der Waals surface area contributed by atoms with Gasteiger partial charge in [0.05, 0.1) is 7.11 Å². The number of hydrogen-bond donors (Lipinski definition) is 1. The van der Waals surface area contributed by atoms with Gasteiger partial charge in [-0.1, -0.05) is 24.3 Å². The Hall–Kier alpha value is -1.54. The highest BCUT2D eigenvalue weighted by atomic mass is 32.2. The van der Waals surface area contributed by atoms with Crippen molar-refractivity contribution < 1.29 is 26.3 Å². The minimum absolute atomic E-state index is 0.437. The van der Waals surface area contributed by atoms with E-state index in [2.05, 4.69) is 0 Å². The normalized spacial score (nSPS) is 12.8. The van der Waals surface area contributed by atoms with Crippen LogP contribution in [-0.4, -0.2) is 27.6 Å². The lowest BCUT2D eigenvalue weighted by Crippen LogP contribution is -2.36. The van der Waals surface area contributed by atoms with Gasteiger partial charge in [0.2, 0.25) is 0 Å². The van der Waals surface area contributed by atoms with Gasteiger partial charge in [-0.15, -0.1) is 0 Å². The van der Waals surface area contributed by atoms with E-state index in [9.17, 15) is 21.6 Å². The van der Waals surface area contributed by atoms with Crippen molar-refractivity contribution in [3.8, 4) is 5.75 Å². The Morgan fingerprint density at radius 1 is 1.26 bits per heavy atom. The third-order valence-corrected chi connectivity index (χ3v) is 3.28. The summed E-state index contributed by atoms with van der Waals surface area (Å²) in [4.78, 5) is 0. The molecule has 0 atom stereocenters. The highest BCUT2D eigenvalue weighted by Crippen LogP contribution is 2.21. The predicted octanol–water partition coefficient (Wildman–Crippen LogP) is 2.15. The van der Waals surface area contributed by atoms with Crippen molar-refractivity contribution in [1.29, 1.82) is 0 Å². The first-order chi connectivity index (χ1) is 8.76. The summed E-state index contributed by atoms with van der Waals surface area (Å²) in [6.45, 7) is -0.437. The summed E-state index contributed by atoms with van der Waals surface area (Å²) in [5.74, 6) is 0.648. The Kier molecular flexibility index (Phi) is 4.96. The van der Waals surface area contributed by atoms with Crippen molar-refractivity contribution in [3.63, 3.8) is 0 Å². The lowest BCUT2D eigenvalue weighted by atomic mass is 10.2. The molecule has 0 radical (unpaired) electrons. The average Bonchev–Trinajstić information content (AvgIpc) is 2.34. The summed E-state index contributed by atoms with van der Waals surface area (Å²) >= 11 is 0. The summed E-state index contributed by atoms with van der Waals surface area (Å²) in [5.41, 5.74) is -4.58. The van der Waals surface area contributed by atoms with E-state index in [0.717, 1.165) is 0 Å². The fourth-order valence-corrected chi connectivity index (χ4v) is 1.63. The van der Waals surface area contributed by atoms with Crippen LogP contribution in [0.4, 0.5) is 13.2 Å². The zero-order chi connectivity index (χ0) is 14.5. The number of alkyl halides is 3. The Morgan fingerprint density at radius 3 is 2.32 bits per heavy atom. The molecule has 1 aromatic carbocycles. The SMILES string of the molecule is COc1ccc(/C=C/CNS(=O)(=O)C(F)(F)F)cc1. The minimum atomic E-state index is -5.29. The molecule has 8 heteroatoms. The fraction of sp³-hybridized carbons (Fsp3) is 0.273. The van der Waals surface area contributed by atoms with E-state index in [1.807, 2.05) is 0 Å². The van der Waals surface area contributed by atoms with Crippen LogP contribution in [0.25, 0.3) is 6.08 Å². The first kappa shape index (κ1) is 15.5. The summed E-state index contributed by atoms with van der Waals surface area (Å²) in [6, 6.07) is 6.74. The Labute approximate surface area is 108 Å². The van der Waals surface area contributed by atoms with Crippen molar-refractivity contribution in [2.75, 3.05) is 13.7 Å². The summed E-state index contributed by atoms with van der Waals surface area (Å²) < 4.78 is 63.6. The molecule has 0 aliphatic carbocycles. The van der Waals surface area contributed by atoms with E-state index in [1.54, 1.807) is 24.3 Å². The number of sulfonamides is 1. The van der Waals surface area contributed by atoms with Crippen LogP contribution >= 0.6 is 0 Å². The van der Waals surface area contributed by atoms with Gasteiger partial charge in [-0.05, 0) is 17.7 Å². The second-order valence-corrected chi connectivity index (χ2v) is 5.23. The molecule has 106 valence electrons. The first-order valence-corrected chi connectivity index (χ1v) is 6.61. The molecule has 0 saturated carbocycles. The van der Waals surface area contributed by atoms with Crippen molar-refractivity contribution in [1.82, 2.24) is 4.72 Å². The number of rotatable bonds is 5. The molecular formula is C11H12F3NO3S. The van der Waals surface area contributed by atoms with Crippen molar-refractivity contribution in [2.24, 2.45) is 0 Å². The first-order valence-electron chi connectivity index (χ1n) is 5.13. The van der Waals surface area contributed by atoms with E-state index in [-0.39, 0.29) is 0 Å². The third-order valence-electron chi connectivity index (χ3n) is 2.12. The molecule has 4 nitrogen and oxygen atoms in total. The van der Waals surface area contributed by atoms with Gasteiger partial charge in [0.25, 0.3) is 0 Å². The highest BCUT2D eigenvalue weighted by Gasteiger charge is 2.45. The predicted molar refractivity (Wildman–Crippen MR) is 65.0 cm³/mol. The maximum absolute atomic E-state index is 12.0. The maximum Gasteiger partial charge on any atom is 0.511 e. The van der Waals surface area contributed by atoms with Crippen LogP contribution in [0.5, 0.6) is 5.75 Å². The molecule has 0 bridgehead atoms. The quantitative estimate of drug-likeness (QED) is 0.905. The van der Waals surface area contributed by atoms with Gasteiger partial charge >= 0.3 is 15.5 Å². The molecular weight excluding hydrogens is 283 g/mol. The summed E-state index contributed by atoms with van der Waals surface area (Å²) in [6.07, 6.45) is 2.78. The topological polar surface area (TPSA) is 55.4 Å². The Bertz CT molecular complexity index is 535. The van der Waals surface area contributed by atoms with E-state index in [1.165, 1.54) is 24.0 Å². The van der Waals surface area contributed by atoms with Gasteiger partial charge in [-0.2, -0.15) is 13.2 Å². The Balaban J connectivity index is 2.55. The van der Waals surface area contributed by atoms with Crippen LogP contribution in [0.3, 0.4) is 0 Å². The third kappa shape index (κ3) is 4.56. The highest BCUT2D eigenvalue weighted by molar-refractivity contribution is 7.90. The number of benzene rings is 1. The van der Waals surface area contributed by atoms with Crippen LogP contribution < -0.4 is 9.46 Å². The molecule has 0 spiro atoms. The lowest BCUT2D eigenvalue weighted by Gasteiger charge is -2.07. The molecule has 0 aromatic heterocycles. The van der Waals surface area contributed by atoms with Gasteiger partial charge in [-0.3, -0.25) is 0 Å². The monoisotopic (exact) mass is 295 g/mol. The molecule has 0 unspecified atom stereocenters. The molecule has 1 N–H and O–H groups in total. The number of ether oxygens (including phenoxy) is 1. The zero-order valence-electron chi connectivity index (χ0n) is 9.94. The average molecular weight is 295 g/mol. The minimum Gasteiger partial charge on any atom is -0.497 e. The molecule has 0 saturated heterocycles. The zero-order valence-corrected chi connectivity index (χ0v) is 10.8. The van der Waals surface area contributed by atoms with Crippen molar-refractivity contribution in [3.05, 3.63) is 35.9 Å². The van der Waals surface area contributed by atoms with Gasteiger partial charge in [0, 0.05) is 6.54 Å². The largest absolute Gasteiger partial charge is 0.511 e. The lowest BCUT2D eigenvalue weighted by molar-refractivity contribution is -0.0446. The smallest absolute Gasteiger partial charge is 0.497 e.